The molecule has 1 aromatic rings. The zero-order chi connectivity index (χ0) is 19.4. The summed E-state index contributed by atoms with van der Waals surface area (Å²) in [7, 11) is 0. The highest BCUT2D eigenvalue weighted by molar-refractivity contribution is 5.70. The van der Waals surface area contributed by atoms with Crippen molar-refractivity contribution in [3.8, 4) is 11.5 Å². The Morgan fingerprint density at radius 2 is 2.04 bits per heavy atom. The lowest BCUT2D eigenvalue weighted by molar-refractivity contribution is -0.132. The highest BCUT2D eigenvalue weighted by atomic mass is 16.5. The van der Waals surface area contributed by atoms with Gasteiger partial charge in [0, 0.05) is 31.0 Å². The number of nitrogens with zero attached hydrogens (tertiary/aromatic N) is 1. The number of ether oxygens (including phenoxy) is 1. The molecule has 0 bridgehead atoms. The van der Waals surface area contributed by atoms with Gasteiger partial charge in [0.05, 0.1) is 0 Å². The summed E-state index contributed by atoms with van der Waals surface area (Å²) < 4.78 is 5.24. The Kier molecular flexibility index (Phi) is 6.25. The number of carbonyl (C=O) groups excluding carboxylic acids is 1. The number of benzene rings is 1. The normalized spacial score (nSPS) is 22.0. The SMILES string of the molecule is CC(=O)Oc1cccc(C2([C@@H]3CCN(CCC=C(C)C)C3)CCCC2)c1O. The fourth-order valence-corrected chi connectivity index (χ4v) is 5.09. The standard InChI is InChI=1S/C23H33NO3/c1-17(2)8-7-14-24-15-11-19(16-24)23(12-4-5-13-23)20-9-6-10-21(22(20)26)27-18(3)25/h6,8-10,19,26H,4-5,7,11-16H2,1-3H3/t19-/m1/s1. The van der Waals surface area contributed by atoms with Crippen LogP contribution in [-0.4, -0.2) is 35.6 Å². The molecule has 0 radical (unpaired) electrons. The molecule has 1 aliphatic heterocycles. The molecular weight excluding hydrogens is 338 g/mol. The minimum atomic E-state index is -0.394. The molecule has 3 rings (SSSR count). The van der Waals surface area contributed by atoms with Crippen LogP contribution < -0.4 is 4.74 Å². The van der Waals surface area contributed by atoms with Crippen molar-refractivity contribution in [2.24, 2.45) is 5.92 Å². The smallest absolute Gasteiger partial charge is 0.308 e. The molecular formula is C23H33NO3. The Morgan fingerprint density at radius 3 is 2.70 bits per heavy atom. The molecule has 2 aliphatic rings. The summed E-state index contributed by atoms with van der Waals surface area (Å²) in [4.78, 5) is 13.9. The van der Waals surface area contributed by atoms with Crippen LogP contribution in [0.5, 0.6) is 11.5 Å². The van der Waals surface area contributed by atoms with E-state index in [0.29, 0.717) is 11.7 Å². The molecule has 1 saturated heterocycles. The van der Waals surface area contributed by atoms with Crippen LogP contribution in [0.2, 0.25) is 0 Å². The Bertz CT molecular complexity index is 700. The van der Waals surface area contributed by atoms with Gasteiger partial charge >= 0.3 is 5.97 Å². The van der Waals surface area contributed by atoms with Crippen LogP contribution in [0.1, 0.15) is 64.9 Å². The number of hydrogen-bond donors (Lipinski definition) is 1. The third-order valence-electron chi connectivity index (χ3n) is 6.34. The summed E-state index contributed by atoms with van der Waals surface area (Å²) in [5.41, 5.74) is 2.37. The van der Waals surface area contributed by atoms with Gasteiger partial charge in [-0.3, -0.25) is 4.79 Å². The number of phenols is 1. The first-order chi connectivity index (χ1) is 12.9. The maximum absolute atomic E-state index is 11.4. The number of likely N-dealkylation sites (tertiary alicyclic amines) is 1. The first kappa shape index (κ1) is 19.9. The molecule has 4 heteroatoms. The minimum absolute atomic E-state index is 0.00546. The van der Waals surface area contributed by atoms with Crippen molar-refractivity contribution < 1.29 is 14.6 Å². The molecule has 1 saturated carbocycles. The number of esters is 1. The number of aromatic hydroxyl groups is 1. The van der Waals surface area contributed by atoms with Crippen molar-refractivity contribution in [2.75, 3.05) is 19.6 Å². The van der Waals surface area contributed by atoms with E-state index in [1.807, 2.05) is 12.1 Å². The molecule has 4 nitrogen and oxygen atoms in total. The van der Waals surface area contributed by atoms with E-state index in [9.17, 15) is 9.90 Å². The van der Waals surface area contributed by atoms with E-state index in [1.54, 1.807) is 6.07 Å². The first-order valence-corrected chi connectivity index (χ1v) is 10.3. The average Bonchev–Trinajstić information content (AvgIpc) is 3.26. The zero-order valence-corrected chi connectivity index (χ0v) is 17.0. The molecule has 0 unspecified atom stereocenters. The second-order valence-corrected chi connectivity index (χ2v) is 8.47. The molecule has 0 aromatic heterocycles. The van der Waals surface area contributed by atoms with Crippen LogP contribution in [0.3, 0.4) is 0 Å². The maximum atomic E-state index is 11.4. The quantitative estimate of drug-likeness (QED) is 0.443. The summed E-state index contributed by atoms with van der Waals surface area (Å²) in [6, 6.07) is 5.64. The topological polar surface area (TPSA) is 49.8 Å². The van der Waals surface area contributed by atoms with Gasteiger partial charge in [0.2, 0.25) is 0 Å². The van der Waals surface area contributed by atoms with Crippen molar-refractivity contribution in [1.82, 2.24) is 4.90 Å². The van der Waals surface area contributed by atoms with E-state index in [1.165, 1.54) is 31.8 Å². The van der Waals surface area contributed by atoms with Gasteiger partial charge in [0.15, 0.2) is 11.5 Å². The van der Waals surface area contributed by atoms with Crippen molar-refractivity contribution >= 4 is 5.97 Å². The van der Waals surface area contributed by atoms with Gasteiger partial charge in [-0.15, -0.1) is 0 Å². The largest absolute Gasteiger partial charge is 0.504 e. The van der Waals surface area contributed by atoms with Crippen LogP contribution in [0, 0.1) is 5.92 Å². The summed E-state index contributed by atoms with van der Waals surface area (Å²) in [5.74, 6) is 0.613. The molecule has 148 valence electrons. The van der Waals surface area contributed by atoms with Crippen molar-refractivity contribution in [3.63, 3.8) is 0 Å². The highest BCUT2D eigenvalue weighted by Crippen LogP contribution is 2.53. The number of phenolic OH excluding ortho intramolecular Hbond substituents is 1. The minimum Gasteiger partial charge on any atom is -0.504 e. The molecule has 1 N–H and O–H groups in total. The highest BCUT2D eigenvalue weighted by Gasteiger charge is 2.46. The molecule has 1 atom stereocenters. The average molecular weight is 372 g/mol. The molecule has 1 heterocycles. The Morgan fingerprint density at radius 1 is 1.30 bits per heavy atom. The fourth-order valence-electron chi connectivity index (χ4n) is 5.09. The van der Waals surface area contributed by atoms with Crippen LogP contribution >= 0.6 is 0 Å². The Hall–Kier alpha value is -1.81. The second kappa shape index (κ2) is 8.47. The summed E-state index contributed by atoms with van der Waals surface area (Å²) in [6.45, 7) is 9.01. The van der Waals surface area contributed by atoms with E-state index < -0.39 is 5.97 Å². The van der Waals surface area contributed by atoms with Crippen LogP contribution in [0.25, 0.3) is 0 Å². The van der Waals surface area contributed by atoms with Gasteiger partial charge in [-0.1, -0.05) is 36.6 Å². The summed E-state index contributed by atoms with van der Waals surface area (Å²) >= 11 is 0. The van der Waals surface area contributed by atoms with Gasteiger partial charge in [-0.05, 0) is 58.1 Å². The van der Waals surface area contributed by atoms with Gasteiger partial charge < -0.3 is 14.7 Å². The fraction of sp³-hybridized carbons (Fsp3) is 0.609. The van der Waals surface area contributed by atoms with E-state index in [0.717, 1.165) is 44.5 Å². The number of allylic oxidation sites excluding steroid dienone is 1. The van der Waals surface area contributed by atoms with E-state index in [4.69, 9.17) is 4.74 Å². The van der Waals surface area contributed by atoms with Crippen LogP contribution in [0.15, 0.2) is 29.8 Å². The van der Waals surface area contributed by atoms with E-state index in [2.05, 4.69) is 24.8 Å². The van der Waals surface area contributed by atoms with E-state index in [-0.39, 0.29) is 11.2 Å². The lowest BCUT2D eigenvalue weighted by Gasteiger charge is -2.37. The van der Waals surface area contributed by atoms with Crippen LogP contribution in [0.4, 0.5) is 0 Å². The predicted molar refractivity (Wildman–Crippen MR) is 108 cm³/mol. The molecule has 1 aromatic carbocycles. The number of carbonyl (C=O) groups is 1. The third-order valence-corrected chi connectivity index (χ3v) is 6.34. The second-order valence-electron chi connectivity index (χ2n) is 8.47. The van der Waals surface area contributed by atoms with Crippen molar-refractivity contribution in [1.29, 1.82) is 0 Å². The van der Waals surface area contributed by atoms with Crippen molar-refractivity contribution in [3.05, 3.63) is 35.4 Å². The Balaban J connectivity index is 1.81. The zero-order valence-electron chi connectivity index (χ0n) is 17.0. The molecule has 2 fully saturated rings. The van der Waals surface area contributed by atoms with Gasteiger partial charge in [-0.2, -0.15) is 0 Å². The lowest BCUT2D eigenvalue weighted by atomic mass is 9.68. The number of rotatable bonds is 6. The first-order valence-electron chi connectivity index (χ1n) is 10.3. The maximum Gasteiger partial charge on any atom is 0.308 e. The summed E-state index contributed by atoms with van der Waals surface area (Å²) in [6.07, 6.45) is 9.21. The van der Waals surface area contributed by atoms with Gasteiger partial charge in [0.1, 0.15) is 0 Å². The van der Waals surface area contributed by atoms with E-state index >= 15 is 0 Å². The molecule has 27 heavy (non-hydrogen) atoms. The number of hydrogen-bond acceptors (Lipinski definition) is 4. The third kappa shape index (κ3) is 4.37. The van der Waals surface area contributed by atoms with Gasteiger partial charge in [-0.25, -0.2) is 0 Å². The predicted octanol–water partition coefficient (Wildman–Crippen LogP) is 4.81. The lowest BCUT2D eigenvalue weighted by Crippen LogP contribution is -2.35. The van der Waals surface area contributed by atoms with Crippen molar-refractivity contribution in [2.45, 2.75) is 64.7 Å². The molecule has 0 amide bonds. The Labute approximate surface area is 163 Å². The molecule has 1 aliphatic carbocycles. The van der Waals surface area contributed by atoms with Gasteiger partial charge in [0.25, 0.3) is 0 Å². The monoisotopic (exact) mass is 371 g/mol. The summed E-state index contributed by atoms with van der Waals surface area (Å²) in [5, 5.41) is 10.9. The molecule has 0 spiro atoms. The van der Waals surface area contributed by atoms with Crippen LogP contribution in [-0.2, 0) is 10.2 Å². The number of para-hydroxylation sites is 1.